The number of carbonyl (C=O) groups is 3. The van der Waals surface area contributed by atoms with Gasteiger partial charge in [0.2, 0.25) is 5.89 Å². The Morgan fingerprint density at radius 1 is 0.974 bits per heavy atom. The Labute approximate surface area is 224 Å². The zero-order valence-electron chi connectivity index (χ0n) is 21.4. The van der Waals surface area contributed by atoms with Gasteiger partial charge in [-0.3, -0.25) is 14.4 Å². The molecule has 0 bridgehead atoms. The van der Waals surface area contributed by atoms with Gasteiger partial charge in [-0.15, -0.1) is 0 Å². The highest BCUT2D eigenvalue weighted by Gasteiger charge is 2.28. The van der Waals surface area contributed by atoms with Gasteiger partial charge in [0.05, 0.1) is 29.7 Å². The second-order valence-corrected chi connectivity index (χ2v) is 9.38. The largest absolute Gasteiger partial charge is 0.492 e. The normalized spacial score (nSPS) is 12.7. The molecule has 0 aliphatic rings. The number of aromatic nitrogens is 2. The van der Waals surface area contributed by atoms with Crippen LogP contribution in [0.25, 0.3) is 22.4 Å². The van der Waals surface area contributed by atoms with E-state index in [2.05, 4.69) is 4.98 Å². The number of carboxylic acid groups (broad SMARTS) is 3. The molecule has 2 aromatic carbocycles. The number of aryl methyl sites for hydroxylation is 1. The number of fused-ring (bicyclic) bond motifs is 1. The predicted octanol–water partition coefficient (Wildman–Crippen LogP) is 4.88. The molecule has 4 aromatic rings. The summed E-state index contributed by atoms with van der Waals surface area (Å²) in [5.74, 6) is -3.61. The molecule has 204 valence electrons. The van der Waals surface area contributed by atoms with Crippen LogP contribution in [-0.2, 0) is 27.3 Å². The maximum absolute atomic E-state index is 12.0. The number of benzene rings is 2. The quantitative estimate of drug-likeness (QED) is 0.205. The molecule has 0 saturated carbocycles. The van der Waals surface area contributed by atoms with Gasteiger partial charge in [-0.25, -0.2) is 4.98 Å². The lowest BCUT2D eigenvalue weighted by molar-refractivity contribution is -0.146. The van der Waals surface area contributed by atoms with Crippen molar-refractivity contribution in [1.82, 2.24) is 9.55 Å². The smallest absolute Gasteiger partial charge is 0.308 e. The zero-order chi connectivity index (χ0) is 27.9. The summed E-state index contributed by atoms with van der Waals surface area (Å²) in [6.07, 6.45) is 1.64. The van der Waals surface area contributed by atoms with Gasteiger partial charge in [0.1, 0.15) is 11.5 Å². The maximum atomic E-state index is 12.0. The number of aliphatic carboxylic acids is 3. The van der Waals surface area contributed by atoms with Crippen LogP contribution in [0.3, 0.4) is 0 Å². The molecule has 0 aliphatic heterocycles. The van der Waals surface area contributed by atoms with Crippen molar-refractivity contribution >= 4 is 28.8 Å². The SMILES string of the molecule is Cc1oc(-c2ccccc2)nc1CCOc1cccc2c1ccn2CC(CC(CCC(=O)O)C(=O)O)C(=O)O. The highest BCUT2D eigenvalue weighted by molar-refractivity contribution is 5.86. The van der Waals surface area contributed by atoms with Crippen LogP contribution >= 0.6 is 0 Å². The Morgan fingerprint density at radius 3 is 2.41 bits per heavy atom. The van der Waals surface area contributed by atoms with Crippen LogP contribution in [0.5, 0.6) is 5.75 Å². The molecule has 0 radical (unpaired) electrons. The van der Waals surface area contributed by atoms with E-state index >= 15 is 0 Å². The van der Waals surface area contributed by atoms with Crippen LogP contribution in [0.1, 0.15) is 30.7 Å². The molecule has 0 amide bonds. The number of rotatable bonds is 14. The summed E-state index contributed by atoms with van der Waals surface area (Å²) in [6.45, 7) is 2.26. The van der Waals surface area contributed by atoms with Crippen LogP contribution in [0.4, 0.5) is 0 Å². The van der Waals surface area contributed by atoms with Gasteiger partial charge in [0, 0.05) is 36.5 Å². The van der Waals surface area contributed by atoms with Crippen LogP contribution in [-0.4, -0.2) is 49.4 Å². The average molecular weight is 535 g/mol. The minimum atomic E-state index is -1.20. The fourth-order valence-electron chi connectivity index (χ4n) is 4.58. The molecule has 0 saturated heterocycles. The topological polar surface area (TPSA) is 152 Å². The number of hydrogen-bond acceptors (Lipinski definition) is 6. The molecule has 2 aromatic heterocycles. The molecule has 39 heavy (non-hydrogen) atoms. The molecule has 2 unspecified atom stereocenters. The Morgan fingerprint density at radius 2 is 1.72 bits per heavy atom. The summed E-state index contributed by atoms with van der Waals surface area (Å²) in [4.78, 5) is 39.1. The molecule has 3 N–H and O–H groups in total. The van der Waals surface area contributed by atoms with Gasteiger partial charge in [0.15, 0.2) is 0 Å². The van der Waals surface area contributed by atoms with E-state index in [9.17, 15) is 24.6 Å². The second kappa shape index (κ2) is 12.3. The first kappa shape index (κ1) is 27.4. The van der Waals surface area contributed by atoms with Crippen LogP contribution in [0.15, 0.2) is 65.2 Å². The molecular weight excluding hydrogens is 504 g/mol. The third-order valence-corrected chi connectivity index (χ3v) is 6.67. The molecular formula is C29H30N2O8. The number of carboxylic acids is 3. The van der Waals surface area contributed by atoms with Crippen molar-refractivity contribution in [3.05, 3.63) is 72.2 Å². The molecule has 0 aliphatic carbocycles. The van der Waals surface area contributed by atoms with Gasteiger partial charge in [0.25, 0.3) is 0 Å². The Kier molecular flexibility index (Phi) is 8.65. The number of oxazole rings is 1. The highest BCUT2D eigenvalue weighted by Crippen LogP contribution is 2.29. The third-order valence-electron chi connectivity index (χ3n) is 6.67. The number of hydrogen-bond donors (Lipinski definition) is 3. The molecule has 0 spiro atoms. The molecule has 10 nitrogen and oxygen atoms in total. The van der Waals surface area contributed by atoms with Crippen molar-refractivity contribution in [2.45, 2.75) is 39.2 Å². The lowest BCUT2D eigenvalue weighted by Gasteiger charge is -2.19. The Balaban J connectivity index is 1.44. The first-order chi connectivity index (χ1) is 18.7. The molecule has 4 rings (SSSR count). The van der Waals surface area contributed by atoms with Gasteiger partial charge in [-0.2, -0.15) is 0 Å². The van der Waals surface area contributed by atoms with E-state index in [0.29, 0.717) is 24.7 Å². The third kappa shape index (κ3) is 6.84. The zero-order valence-corrected chi connectivity index (χ0v) is 21.4. The van der Waals surface area contributed by atoms with Crippen molar-refractivity contribution in [1.29, 1.82) is 0 Å². The molecule has 2 atom stereocenters. The van der Waals surface area contributed by atoms with Gasteiger partial charge in [-0.1, -0.05) is 24.3 Å². The lowest BCUT2D eigenvalue weighted by Crippen LogP contribution is -2.26. The van der Waals surface area contributed by atoms with E-state index < -0.39 is 29.7 Å². The highest BCUT2D eigenvalue weighted by atomic mass is 16.5. The van der Waals surface area contributed by atoms with Crippen molar-refractivity contribution < 1.29 is 38.9 Å². The van der Waals surface area contributed by atoms with Crippen LogP contribution < -0.4 is 4.74 Å². The fourth-order valence-corrected chi connectivity index (χ4v) is 4.58. The van der Waals surface area contributed by atoms with Gasteiger partial charge >= 0.3 is 17.9 Å². The summed E-state index contributed by atoms with van der Waals surface area (Å²) in [6, 6.07) is 17.0. The number of nitrogens with zero attached hydrogens (tertiary/aromatic N) is 2. The minimum absolute atomic E-state index is 0.0412. The maximum Gasteiger partial charge on any atom is 0.308 e. The Hall–Kier alpha value is -4.60. The van der Waals surface area contributed by atoms with E-state index in [1.807, 2.05) is 61.5 Å². The van der Waals surface area contributed by atoms with Crippen molar-refractivity contribution in [3.63, 3.8) is 0 Å². The summed E-state index contributed by atoms with van der Waals surface area (Å²) in [7, 11) is 0. The lowest BCUT2D eigenvalue weighted by atomic mass is 9.90. The summed E-state index contributed by atoms with van der Waals surface area (Å²) < 4.78 is 13.6. The van der Waals surface area contributed by atoms with E-state index in [4.69, 9.17) is 14.3 Å². The van der Waals surface area contributed by atoms with Gasteiger partial charge in [-0.05, 0) is 50.1 Å². The van der Waals surface area contributed by atoms with Crippen LogP contribution in [0.2, 0.25) is 0 Å². The molecule has 10 heteroatoms. The fraction of sp³-hybridized carbons (Fsp3) is 0.310. The molecule has 2 heterocycles. The molecule has 0 fully saturated rings. The first-order valence-electron chi connectivity index (χ1n) is 12.6. The van der Waals surface area contributed by atoms with E-state index in [1.165, 1.54) is 0 Å². The van der Waals surface area contributed by atoms with Crippen molar-refractivity contribution in [3.8, 4) is 17.2 Å². The summed E-state index contributed by atoms with van der Waals surface area (Å²) >= 11 is 0. The summed E-state index contributed by atoms with van der Waals surface area (Å²) in [5.41, 5.74) is 2.45. The standard InChI is InChI=1S/C29H30N2O8/c1-18-23(30-27(39-18)19-6-3-2-4-7-19)13-15-38-25-9-5-8-24-22(25)12-14-31(24)17-21(29(36)37)16-20(28(34)35)10-11-26(32)33/h2-9,12,14,20-21H,10-11,13,15-17H2,1H3,(H,32,33)(H,34,35)(H,36,37). The minimum Gasteiger partial charge on any atom is -0.492 e. The predicted molar refractivity (Wildman–Crippen MR) is 142 cm³/mol. The van der Waals surface area contributed by atoms with Gasteiger partial charge < -0.3 is 29.0 Å². The summed E-state index contributed by atoms with van der Waals surface area (Å²) in [5, 5.41) is 28.9. The van der Waals surface area contributed by atoms with Crippen molar-refractivity contribution in [2.75, 3.05) is 6.61 Å². The van der Waals surface area contributed by atoms with Crippen molar-refractivity contribution in [2.24, 2.45) is 11.8 Å². The first-order valence-corrected chi connectivity index (χ1v) is 12.6. The Bertz CT molecular complexity index is 1460. The van der Waals surface area contributed by atoms with E-state index in [0.717, 1.165) is 27.9 Å². The van der Waals surface area contributed by atoms with E-state index in [1.54, 1.807) is 10.8 Å². The average Bonchev–Trinajstić information content (AvgIpc) is 3.49. The number of ether oxygens (including phenoxy) is 1. The van der Waals surface area contributed by atoms with E-state index in [-0.39, 0.29) is 25.8 Å². The second-order valence-electron chi connectivity index (χ2n) is 9.38. The monoisotopic (exact) mass is 534 g/mol. The van der Waals surface area contributed by atoms with Crippen LogP contribution in [0, 0.1) is 18.8 Å².